The third-order valence-electron chi connectivity index (χ3n) is 8.66. The summed E-state index contributed by atoms with van der Waals surface area (Å²) in [6, 6.07) is 19.7. The molecule has 1 spiro atoms. The zero-order chi connectivity index (χ0) is 29.1. The van der Waals surface area contributed by atoms with Gasteiger partial charge in [-0.3, -0.25) is 24.4 Å². The summed E-state index contributed by atoms with van der Waals surface area (Å²) in [5.74, 6) is -0.817. The molecule has 4 aliphatic rings. The fraction of sp³-hybridized carbons (Fsp3) is 0.364. The summed E-state index contributed by atoms with van der Waals surface area (Å²) in [5, 5.41) is 12.1. The molecule has 216 valence electrons. The van der Waals surface area contributed by atoms with Crippen molar-refractivity contribution < 1.29 is 19.5 Å². The van der Waals surface area contributed by atoms with E-state index in [9.17, 15) is 14.4 Å². The lowest BCUT2D eigenvalue weighted by atomic mass is 9.85. The highest BCUT2D eigenvalue weighted by Gasteiger charge is 2.51. The van der Waals surface area contributed by atoms with Crippen molar-refractivity contribution in [2.24, 2.45) is 9.98 Å². The highest BCUT2D eigenvalue weighted by atomic mass is 16.4. The molecule has 0 radical (unpaired) electrons. The van der Waals surface area contributed by atoms with Gasteiger partial charge in [-0.15, -0.1) is 0 Å². The van der Waals surface area contributed by atoms with Crippen molar-refractivity contribution in [2.45, 2.75) is 56.5 Å². The molecule has 2 N–H and O–H groups in total. The molecule has 2 aromatic rings. The molecule has 9 heteroatoms. The number of aliphatic imine (C=N–C) groups is 2. The van der Waals surface area contributed by atoms with Crippen LogP contribution in [0.1, 0.15) is 50.5 Å². The van der Waals surface area contributed by atoms with Gasteiger partial charge in [0.2, 0.25) is 5.91 Å². The molecule has 0 aromatic heterocycles. The number of carbonyl (C=O) groups excluding carboxylic acids is 2. The van der Waals surface area contributed by atoms with Gasteiger partial charge < -0.3 is 20.2 Å². The largest absolute Gasteiger partial charge is 0.481 e. The quantitative estimate of drug-likeness (QED) is 0.468. The normalized spacial score (nSPS) is 21.1. The van der Waals surface area contributed by atoms with Crippen LogP contribution in [0, 0.1) is 0 Å². The van der Waals surface area contributed by atoms with Gasteiger partial charge in [-0.1, -0.05) is 54.6 Å². The molecule has 0 bridgehead atoms. The highest BCUT2D eigenvalue weighted by Crippen LogP contribution is 2.37. The molecule has 2 amide bonds. The number of hydrogen-bond donors (Lipinski definition) is 2. The summed E-state index contributed by atoms with van der Waals surface area (Å²) < 4.78 is 0. The van der Waals surface area contributed by atoms with Gasteiger partial charge in [0.15, 0.2) is 0 Å². The number of hydrogen-bond acceptors (Lipinski definition) is 6. The topological polar surface area (TPSA) is 115 Å². The molecule has 2 aromatic carbocycles. The van der Waals surface area contributed by atoms with E-state index >= 15 is 0 Å². The number of piperidine rings is 1. The number of likely N-dealkylation sites (tertiary alicyclic amines) is 1. The Labute approximate surface area is 245 Å². The number of amides is 2. The number of nitrogens with one attached hydrogen (secondary N) is 1. The minimum atomic E-state index is -0.800. The second-order valence-corrected chi connectivity index (χ2v) is 11.2. The maximum atomic E-state index is 13.7. The number of unbranched alkanes of at least 4 members (excludes halogenated alkanes) is 1. The average Bonchev–Trinajstić information content (AvgIpc) is 3.34. The van der Waals surface area contributed by atoms with E-state index in [2.05, 4.69) is 10.2 Å². The van der Waals surface area contributed by atoms with E-state index in [0.29, 0.717) is 63.9 Å². The fourth-order valence-corrected chi connectivity index (χ4v) is 6.36. The number of aliphatic carboxylic acids is 1. The van der Waals surface area contributed by atoms with Crippen LogP contribution in [0.15, 0.2) is 94.1 Å². The van der Waals surface area contributed by atoms with Crippen LogP contribution in [-0.4, -0.2) is 70.6 Å². The van der Waals surface area contributed by atoms with Crippen molar-refractivity contribution in [3.05, 3.63) is 89.6 Å². The first-order valence-electron chi connectivity index (χ1n) is 14.7. The van der Waals surface area contributed by atoms with E-state index in [0.717, 1.165) is 28.4 Å². The van der Waals surface area contributed by atoms with Gasteiger partial charge in [0.1, 0.15) is 5.54 Å². The third kappa shape index (κ3) is 5.38. The van der Waals surface area contributed by atoms with Gasteiger partial charge in [0.25, 0.3) is 5.91 Å². The summed E-state index contributed by atoms with van der Waals surface area (Å²) >= 11 is 0. The number of carboxylic acid groups (broad SMARTS) is 1. The molecule has 1 unspecified atom stereocenters. The monoisotopic (exact) mass is 565 g/mol. The van der Waals surface area contributed by atoms with Crippen molar-refractivity contribution in [3.63, 3.8) is 0 Å². The first kappa shape index (κ1) is 27.6. The molecule has 2 fully saturated rings. The predicted octanol–water partition coefficient (Wildman–Crippen LogP) is 4.11. The standard InChI is InChI=1S/C33H35N5O4/c39-29(40)14-8-7-13-27-30(23-9-3-1-4-10-23)36-26-16-15-24(21-28(26)35-27)31(41)37-19-17-33(18-20-37)32(42)34-22-38(33)25-11-5-2-6-12-25/h1-6,9-12,15,21,26H,7-8,13-14,16-20,22H2,(H,34,42)(H,39,40). The molecular formula is C33H35N5O4. The molecule has 3 heterocycles. The van der Waals surface area contributed by atoms with Gasteiger partial charge in [-0.2, -0.15) is 0 Å². The number of nitrogens with zero attached hydrogens (tertiary/aromatic N) is 4. The van der Waals surface area contributed by atoms with E-state index in [4.69, 9.17) is 15.1 Å². The van der Waals surface area contributed by atoms with Crippen molar-refractivity contribution in [3.8, 4) is 0 Å². The summed E-state index contributed by atoms with van der Waals surface area (Å²) in [6.45, 7) is 1.46. The molecular weight excluding hydrogens is 530 g/mol. The van der Waals surface area contributed by atoms with Crippen LogP contribution in [0.3, 0.4) is 0 Å². The Bertz CT molecular complexity index is 1490. The van der Waals surface area contributed by atoms with Crippen molar-refractivity contribution in [1.29, 1.82) is 0 Å². The number of fused-ring (bicyclic) bond motifs is 1. The van der Waals surface area contributed by atoms with Crippen LogP contribution >= 0.6 is 0 Å². The Morgan fingerprint density at radius 2 is 1.71 bits per heavy atom. The molecule has 6 rings (SSSR count). The lowest BCUT2D eigenvalue weighted by molar-refractivity contribution is -0.137. The maximum absolute atomic E-state index is 13.7. The minimum absolute atomic E-state index is 0.0276. The zero-order valence-corrected chi connectivity index (χ0v) is 23.5. The second-order valence-electron chi connectivity index (χ2n) is 11.2. The number of anilines is 1. The van der Waals surface area contributed by atoms with Crippen molar-refractivity contribution in [1.82, 2.24) is 10.2 Å². The summed E-state index contributed by atoms with van der Waals surface area (Å²) in [4.78, 5) is 51.7. The van der Waals surface area contributed by atoms with E-state index in [-0.39, 0.29) is 24.3 Å². The zero-order valence-electron chi connectivity index (χ0n) is 23.5. The lowest BCUT2D eigenvalue weighted by Gasteiger charge is -2.43. The van der Waals surface area contributed by atoms with E-state index in [1.165, 1.54) is 0 Å². The number of benzene rings is 2. The SMILES string of the molecule is O=C(O)CCCCC1=NC2=CC(C(=O)N3CCC4(CC3)C(=O)NCN4c3ccccc3)=CCC2N=C1c1ccccc1. The molecule has 3 aliphatic heterocycles. The van der Waals surface area contributed by atoms with Crippen LogP contribution in [0.2, 0.25) is 0 Å². The minimum Gasteiger partial charge on any atom is -0.481 e. The third-order valence-corrected chi connectivity index (χ3v) is 8.66. The Kier molecular flexibility index (Phi) is 7.73. The smallest absolute Gasteiger partial charge is 0.303 e. The van der Waals surface area contributed by atoms with Crippen LogP contribution in [-0.2, 0) is 14.4 Å². The van der Waals surface area contributed by atoms with Crippen LogP contribution in [0.4, 0.5) is 5.69 Å². The highest BCUT2D eigenvalue weighted by molar-refractivity contribution is 6.49. The molecule has 2 saturated heterocycles. The molecule has 9 nitrogen and oxygen atoms in total. The number of rotatable bonds is 8. The fourth-order valence-electron chi connectivity index (χ4n) is 6.36. The number of para-hydroxylation sites is 1. The van der Waals surface area contributed by atoms with Crippen LogP contribution in [0.25, 0.3) is 0 Å². The Morgan fingerprint density at radius 3 is 2.43 bits per heavy atom. The van der Waals surface area contributed by atoms with Gasteiger partial charge in [-0.25, -0.2) is 0 Å². The number of carbonyl (C=O) groups is 3. The van der Waals surface area contributed by atoms with Gasteiger partial charge in [0, 0.05) is 36.3 Å². The predicted molar refractivity (Wildman–Crippen MR) is 162 cm³/mol. The first-order chi connectivity index (χ1) is 20.4. The Balaban J connectivity index is 1.17. The van der Waals surface area contributed by atoms with Crippen molar-refractivity contribution in [2.75, 3.05) is 24.7 Å². The van der Waals surface area contributed by atoms with E-state index in [1.807, 2.05) is 77.7 Å². The molecule has 42 heavy (non-hydrogen) atoms. The Hall–Kier alpha value is -4.53. The summed E-state index contributed by atoms with van der Waals surface area (Å²) in [6.07, 6.45) is 7.54. The summed E-state index contributed by atoms with van der Waals surface area (Å²) in [7, 11) is 0. The van der Waals surface area contributed by atoms with E-state index in [1.54, 1.807) is 0 Å². The maximum Gasteiger partial charge on any atom is 0.303 e. The summed E-state index contributed by atoms with van der Waals surface area (Å²) in [5.41, 5.74) is 4.40. The lowest BCUT2D eigenvalue weighted by Crippen LogP contribution is -2.57. The van der Waals surface area contributed by atoms with E-state index < -0.39 is 11.5 Å². The second kappa shape index (κ2) is 11.8. The number of carboxylic acids is 1. The van der Waals surface area contributed by atoms with Crippen LogP contribution < -0.4 is 10.2 Å². The van der Waals surface area contributed by atoms with Crippen molar-refractivity contribution >= 4 is 34.9 Å². The first-order valence-corrected chi connectivity index (χ1v) is 14.7. The molecule has 0 saturated carbocycles. The van der Waals surface area contributed by atoms with Crippen LogP contribution in [0.5, 0.6) is 0 Å². The molecule has 1 atom stereocenters. The average molecular weight is 566 g/mol. The van der Waals surface area contributed by atoms with Gasteiger partial charge in [-0.05, 0) is 56.7 Å². The van der Waals surface area contributed by atoms with Gasteiger partial charge >= 0.3 is 5.97 Å². The Morgan fingerprint density at radius 1 is 1.00 bits per heavy atom. The van der Waals surface area contributed by atoms with Gasteiger partial charge in [0.05, 0.1) is 29.8 Å². The molecule has 1 aliphatic carbocycles.